The molecule has 0 radical (unpaired) electrons. The number of carbonyl (C=O) groups is 1. The van der Waals surface area contributed by atoms with E-state index in [1.54, 1.807) is 11.3 Å². The number of amides is 1. The molecule has 2 fully saturated rings. The number of fused-ring (bicyclic) bond motifs is 2. The van der Waals surface area contributed by atoms with Crippen molar-refractivity contribution in [3.63, 3.8) is 0 Å². The first-order valence-corrected chi connectivity index (χ1v) is 14.0. The van der Waals surface area contributed by atoms with Crippen molar-refractivity contribution in [2.24, 2.45) is 5.73 Å². The number of pyridine rings is 1. The number of imidazole rings is 1. The van der Waals surface area contributed by atoms with Crippen molar-refractivity contribution in [3.05, 3.63) is 41.0 Å². The Kier molecular flexibility index (Phi) is 6.55. The number of nitrogens with two attached hydrogens (primary N) is 1. The highest BCUT2D eigenvalue weighted by molar-refractivity contribution is 7.19. The first-order chi connectivity index (χ1) is 18.3. The van der Waals surface area contributed by atoms with E-state index in [-0.39, 0.29) is 5.91 Å². The Bertz CT molecular complexity index is 1480. The fourth-order valence-corrected chi connectivity index (χ4v) is 6.47. The quantitative estimate of drug-likeness (QED) is 0.402. The van der Waals surface area contributed by atoms with Gasteiger partial charge in [-0.3, -0.25) is 19.0 Å². The van der Waals surface area contributed by atoms with Gasteiger partial charge in [0.15, 0.2) is 11.6 Å². The van der Waals surface area contributed by atoms with Crippen molar-refractivity contribution in [3.8, 4) is 11.5 Å². The van der Waals surface area contributed by atoms with Gasteiger partial charge in [0.1, 0.15) is 5.65 Å². The molecule has 0 aliphatic carbocycles. The number of thiophene rings is 1. The molecule has 1 amide bonds. The summed E-state index contributed by atoms with van der Waals surface area (Å²) in [7, 11) is 0. The molecule has 0 unspecified atom stereocenters. The molecule has 0 bridgehead atoms. The summed E-state index contributed by atoms with van der Waals surface area (Å²) in [6.07, 6.45) is 3.77. The van der Waals surface area contributed by atoms with E-state index in [1.807, 2.05) is 26.2 Å². The number of piperazine rings is 1. The number of anilines is 1. The number of ether oxygens (including phenoxy) is 1. The maximum absolute atomic E-state index is 11.9. The lowest BCUT2D eigenvalue weighted by molar-refractivity contribution is -0.129. The number of aryl methyl sites for hydroxylation is 1. The van der Waals surface area contributed by atoms with E-state index in [2.05, 4.69) is 49.2 Å². The van der Waals surface area contributed by atoms with Gasteiger partial charge in [-0.05, 0) is 44.5 Å². The number of rotatable bonds is 6. The Balaban J connectivity index is 1.33. The van der Waals surface area contributed by atoms with Crippen LogP contribution < -0.4 is 10.6 Å². The lowest BCUT2D eigenvalue weighted by Crippen LogP contribution is -2.59. The van der Waals surface area contributed by atoms with E-state index in [1.165, 1.54) is 4.88 Å². The molecule has 2 N–H and O–H groups in total. The standard InChI is InChI=1S/C27H34N8O2S/c1-18-14-21(35-5-4-29-22(35)15-18)24-30-20-16-19(38-23(20)25(31-24)33-10-12-37-13-11-33)17-32-6-8-34(9-7-32)27(2,3)26(28)36/h4-5,14-16H,6-13,17H2,1-3H3,(H2,28,36). The molecule has 0 spiro atoms. The van der Waals surface area contributed by atoms with Crippen LogP contribution in [0.15, 0.2) is 30.6 Å². The van der Waals surface area contributed by atoms with E-state index < -0.39 is 5.54 Å². The summed E-state index contributed by atoms with van der Waals surface area (Å²) in [6, 6.07) is 6.41. The molecule has 6 rings (SSSR count). The van der Waals surface area contributed by atoms with Crippen LogP contribution in [0.4, 0.5) is 5.82 Å². The summed E-state index contributed by atoms with van der Waals surface area (Å²) < 4.78 is 8.80. The highest BCUT2D eigenvalue weighted by Crippen LogP contribution is 2.35. The number of carbonyl (C=O) groups excluding carboxylic acids is 1. The van der Waals surface area contributed by atoms with Crippen LogP contribution in [0.1, 0.15) is 24.3 Å². The summed E-state index contributed by atoms with van der Waals surface area (Å²) in [5.74, 6) is 1.41. The second kappa shape index (κ2) is 9.88. The van der Waals surface area contributed by atoms with Crippen molar-refractivity contribution in [1.29, 1.82) is 0 Å². The molecular formula is C27H34N8O2S. The molecule has 2 saturated heterocycles. The Morgan fingerprint density at radius 2 is 1.84 bits per heavy atom. The second-order valence-corrected chi connectivity index (χ2v) is 11.8. The first-order valence-electron chi connectivity index (χ1n) is 13.1. The van der Waals surface area contributed by atoms with E-state index in [0.717, 1.165) is 78.8 Å². The van der Waals surface area contributed by atoms with E-state index in [0.29, 0.717) is 19.0 Å². The van der Waals surface area contributed by atoms with Gasteiger partial charge in [0.25, 0.3) is 0 Å². The lowest BCUT2D eigenvalue weighted by atomic mass is 10.0. The van der Waals surface area contributed by atoms with Crippen molar-refractivity contribution in [2.45, 2.75) is 32.9 Å². The highest BCUT2D eigenvalue weighted by Gasteiger charge is 2.34. The molecule has 2 aliphatic rings. The molecule has 11 heteroatoms. The van der Waals surface area contributed by atoms with Gasteiger partial charge >= 0.3 is 0 Å². The van der Waals surface area contributed by atoms with Crippen LogP contribution in [0, 0.1) is 6.92 Å². The Labute approximate surface area is 226 Å². The summed E-state index contributed by atoms with van der Waals surface area (Å²) in [6.45, 7) is 13.2. The normalized spacial score (nSPS) is 18.0. The predicted molar refractivity (Wildman–Crippen MR) is 149 cm³/mol. The lowest BCUT2D eigenvalue weighted by Gasteiger charge is -2.42. The van der Waals surface area contributed by atoms with Crippen LogP contribution in [-0.4, -0.2) is 93.1 Å². The van der Waals surface area contributed by atoms with Gasteiger partial charge in [-0.15, -0.1) is 11.3 Å². The van der Waals surface area contributed by atoms with E-state index >= 15 is 0 Å². The fourth-order valence-electron chi connectivity index (χ4n) is 5.32. The van der Waals surface area contributed by atoms with Gasteiger partial charge in [0.05, 0.1) is 34.7 Å². The molecule has 2 aliphatic heterocycles. The fraction of sp³-hybridized carbons (Fsp3) is 0.481. The van der Waals surface area contributed by atoms with Crippen molar-refractivity contribution < 1.29 is 9.53 Å². The molecule has 0 saturated carbocycles. The zero-order valence-corrected chi connectivity index (χ0v) is 23.0. The number of primary amides is 1. The zero-order valence-electron chi connectivity index (χ0n) is 22.2. The van der Waals surface area contributed by atoms with Gasteiger partial charge in [0.2, 0.25) is 5.91 Å². The smallest absolute Gasteiger partial charge is 0.237 e. The third-order valence-corrected chi connectivity index (χ3v) is 8.84. The van der Waals surface area contributed by atoms with Crippen molar-refractivity contribution in [2.75, 3.05) is 57.4 Å². The second-order valence-electron chi connectivity index (χ2n) is 10.7. The van der Waals surface area contributed by atoms with E-state index in [9.17, 15) is 4.79 Å². The average Bonchev–Trinajstić information content (AvgIpc) is 3.54. The SMILES string of the molecule is Cc1cc(-c2nc(N3CCOCC3)c3sc(CN4CCN(C(C)(C)C(N)=O)CC4)cc3n2)n2ccnc2c1. The van der Waals surface area contributed by atoms with Crippen LogP contribution in [-0.2, 0) is 16.1 Å². The topological polar surface area (TPSA) is 105 Å². The summed E-state index contributed by atoms with van der Waals surface area (Å²) in [5.41, 5.74) is 8.94. The van der Waals surface area contributed by atoms with Crippen molar-refractivity contribution >= 4 is 38.9 Å². The molecule has 6 heterocycles. The molecular weight excluding hydrogens is 500 g/mol. The van der Waals surface area contributed by atoms with Gasteiger partial charge < -0.3 is 15.4 Å². The average molecular weight is 535 g/mol. The van der Waals surface area contributed by atoms with Crippen LogP contribution in [0.25, 0.3) is 27.4 Å². The van der Waals surface area contributed by atoms with Crippen LogP contribution in [0.2, 0.25) is 0 Å². The van der Waals surface area contributed by atoms with E-state index in [4.69, 9.17) is 20.4 Å². The molecule has 0 aromatic carbocycles. The van der Waals surface area contributed by atoms with Crippen LogP contribution in [0.3, 0.4) is 0 Å². The van der Waals surface area contributed by atoms with Crippen molar-refractivity contribution in [1.82, 2.24) is 29.2 Å². The minimum Gasteiger partial charge on any atom is -0.378 e. The maximum Gasteiger partial charge on any atom is 0.237 e. The van der Waals surface area contributed by atoms with Crippen LogP contribution >= 0.6 is 11.3 Å². The largest absolute Gasteiger partial charge is 0.378 e. The summed E-state index contributed by atoms with van der Waals surface area (Å²) >= 11 is 1.78. The van der Waals surface area contributed by atoms with Gasteiger partial charge in [-0.25, -0.2) is 15.0 Å². The Hall–Kier alpha value is -3.12. The predicted octanol–water partition coefficient (Wildman–Crippen LogP) is 2.53. The van der Waals surface area contributed by atoms with Crippen LogP contribution in [0.5, 0.6) is 0 Å². The Morgan fingerprint density at radius 1 is 1.08 bits per heavy atom. The van der Waals surface area contributed by atoms with Gasteiger partial charge in [-0.1, -0.05) is 0 Å². The minimum atomic E-state index is -0.626. The molecule has 4 aromatic rings. The third-order valence-electron chi connectivity index (χ3n) is 7.74. The zero-order chi connectivity index (χ0) is 26.4. The molecule has 10 nitrogen and oxygen atoms in total. The number of nitrogens with zero attached hydrogens (tertiary/aromatic N) is 7. The number of aromatic nitrogens is 4. The Morgan fingerprint density at radius 3 is 2.58 bits per heavy atom. The summed E-state index contributed by atoms with van der Waals surface area (Å²) in [5, 5.41) is 0. The number of hydrogen-bond acceptors (Lipinski definition) is 9. The molecule has 38 heavy (non-hydrogen) atoms. The molecule has 4 aromatic heterocycles. The highest BCUT2D eigenvalue weighted by atomic mass is 32.1. The summed E-state index contributed by atoms with van der Waals surface area (Å²) in [4.78, 5) is 34.8. The van der Waals surface area contributed by atoms with Gasteiger partial charge in [-0.2, -0.15) is 0 Å². The number of hydrogen-bond donors (Lipinski definition) is 1. The minimum absolute atomic E-state index is 0.276. The van der Waals surface area contributed by atoms with Gasteiger partial charge in [0, 0.05) is 63.1 Å². The third kappa shape index (κ3) is 4.64. The first kappa shape index (κ1) is 25.2. The monoisotopic (exact) mass is 534 g/mol. The molecule has 0 atom stereocenters. The number of morpholine rings is 1. The molecule has 200 valence electrons. The maximum atomic E-state index is 11.9.